The Morgan fingerprint density at radius 1 is 0.982 bits per heavy atom. The van der Waals surface area contributed by atoms with Crippen LogP contribution >= 0.6 is 0 Å². The first-order valence-electron chi connectivity index (χ1n) is 19.7. The first-order chi connectivity index (χ1) is 26.0. The molecule has 7 rings (SSSR count). The van der Waals surface area contributed by atoms with Gasteiger partial charge in [-0.05, 0) is 85.8 Å². The zero-order chi connectivity index (χ0) is 39.6. The average Bonchev–Trinajstić information content (AvgIpc) is 3.58. The largest absolute Gasteiger partial charge is 0.339 e. The molecule has 0 aromatic carbocycles. The molecular weight excluding hydrogens is 729 g/mol. The number of fused-ring (bicyclic) bond motifs is 1. The maximum Gasteiger partial charge on any atom is 0.303 e. The summed E-state index contributed by atoms with van der Waals surface area (Å²) in [6, 6.07) is -3.21. The second kappa shape index (κ2) is 14.1. The third-order valence-corrected chi connectivity index (χ3v) is 15.9. The smallest absolute Gasteiger partial charge is 0.303 e. The van der Waals surface area contributed by atoms with E-state index in [9.17, 15) is 32.4 Å². The van der Waals surface area contributed by atoms with Crippen LogP contribution in [0.4, 0.5) is 0 Å². The van der Waals surface area contributed by atoms with E-state index in [1.165, 1.54) is 15.3 Å². The molecule has 5 amide bonds. The van der Waals surface area contributed by atoms with Crippen LogP contribution in [-0.4, -0.2) is 101 Å². The topological polar surface area (TPSA) is 213 Å². The highest BCUT2D eigenvalue weighted by atomic mass is 32.2. The van der Waals surface area contributed by atoms with E-state index in [2.05, 4.69) is 62.6 Å². The quantitative estimate of drug-likeness (QED) is 0.214. The molecule has 300 valence electrons. The number of amides is 5. The lowest BCUT2D eigenvalue weighted by molar-refractivity contribution is -0.142. The SMILES string of the molecule is C=C[C@@H]1C[C@]1(NC(=O)[C@@H]1C[C@@]2(CN1C(=O)[C@@H](NC(=O)[C@@H](NC(=O)c1cnon1)C1CCCCC1)C(=C)C)C(C)(C)C21CCC1)C(=O)NS(=O)(=O)N1CCCC1. The highest BCUT2D eigenvalue weighted by molar-refractivity contribution is 7.87. The van der Waals surface area contributed by atoms with Gasteiger partial charge in [-0.2, -0.15) is 12.7 Å². The van der Waals surface area contributed by atoms with Crippen molar-refractivity contribution in [1.29, 1.82) is 0 Å². The summed E-state index contributed by atoms with van der Waals surface area (Å²) in [5.74, 6) is -3.81. The highest BCUT2D eigenvalue weighted by Crippen LogP contribution is 2.88. The summed E-state index contributed by atoms with van der Waals surface area (Å²) in [7, 11) is -4.12. The van der Waals surface area contributed by atoms with E-state index in [-0.39, 0.29) is 40.8 Å². The average molecular weight is 783 g/mol. The molecule has 2 aliphatic heterocycles. The number of nitrogens with one attached hydrogen (secondary N) is 4. The summed E-state index contributed by atoms with van der Waals surface area (Å²) in [6.45, 7) is 14.7. The Hall–Kier alpha value is -4.12. The lowest BCUT2D eigenvalue weighted by Gasteiger charge is -2.33. The third kappa shape index (κ3) is 6.38. The molecule has 16 nitrogen and oxygen atoms in total. The molecular formula is C38H54N8O8S. The van der Waals surface area contributed by atoms with Crippen molar-refractivity contribution in [2.24, 2.45) is 28.1 Å². The van der Waals surface area contributed by atoms with E-state index < -0.39 is 69.3 Å². The van der Waals surface area contributed by atoms with Gasteiger partial charge in [0.05, 0.1) is 0 Å². The number of rotatable bonds is 13. The Balaban J connectivity index is 1.14. The highest BCUT2D eigenvalue weighted by Gasteiger charge is 2.85. The zero-order valence-electron chi connectivity index (χ0n) is 32.0. The second-order valence-electron chi connectivity index (χ2n) is 17.3. The van der Waals surface area contributed by atoms with Gasteiger partial charge in [0.1, 0.15) is 29.9 Å². The summed E-state index contributed by atoms with van der Waals surface area (Å²) in [5.41, 5.74) is -1.89. The summed E-state index contributed by atoms with van der Waals surface area (Å²) in [5, 5.41) is 15.7. The van der Waals surface area contributed by atoms with Gasteiger partial charge >= 0.3 is 10.2 Å². The van der Waals surface area contributed by atoms with Gasteiger partial charge in [0, 0.05) is 31.0 Å². The number of carbonyl (C=O) groups excluding carboxylic acids is 5. The van der Waals surface area contributed by atoms with Gasteiger partial charge in [0.25, 0.3) is 11.8 Å². The minimum absolute atomic E-state index is 0.0516. The predicted molar refractivity (Wildman–Crippen MR) is 199 cm³/mol. The Kier molecular flexibility index (Phi) is 10.0. The second-order valence-corrected chi connectivity index (χ2v) is 19.0. The van der Waals surface area contributed by atoms with E-state index >= 15 is 0 Å². The molecule has 6 aliphatic rings. The third-order valence-electron chi connectivity index (χ3n) is 14.4. The normalized spacial score (nSPS) is 30.5. The van der Waals surface area contributed by atoms with Crippen molar-refractivity contribution < 1.29 is 37.0 Å². The fourth-order valence-electron chi connectivity index (χ4n) is 10.7. The summed E-state index contributed by atoms with van der Waals surface area (Å²) < 4.78 is 34.2. The molecule has 4 saturated carbocycles. The van der Waals surface area contributed by atoms with E-state index in [0.29, 0.717) is 50.8 Å². The lowest BCUT2D eigenvalue weighted by Crippen LogP contribution is -2.60. The molecule has 1 aromatic heterocycles. The first kappa shape index (κ1) is 39.1. The molecule has 2 spiro atoms. The van der Waals surface area contributed by atoms with Crippen molar-refractivity contribution in [3.05, 3.63) is 36.7 Å². The molecule has 4 aliphatic carbocycles. The monoisotopic (exact) mass is 782 g/mol. The molecule has 0 radical (unpaired) electrons. The number of hydrogen-bond donors (Lipinski definition) is 4. The Bertz CT molecular complexity index is 1870. The maximum atomic E-state index is 14.8. The van der Waals surface area contributed by atoms with Crippen LogP contribution in [0.5, 0.6) is 0 Å². The molecule has 0 bridgehead atoms. The van der Waals surface area contributed by atoms with Gasteiger partial charge in [-0.3, -0.25) is 24.0 Å². The number of hydrogen-bond acceptors (Lipinski definition) is 10. The first-order valence-corrected chi connectivity index (χ1v) is 21.1. The summed E-state index contributed by atoms with van der Waals surface area (Å²) >= 11 is 0. The Morgan fingerprint density at radius 2 is 1.67 bits per heavy atom. The predicted octanol–water partition coefficient (Wildman–Crippen LogP) is 2.12. The fraction of sp³-hybridized carbons (Fsp3) is 0.711. The minimum atomic E-state index is -4.12. The van der Waals surface area contributed by atoms with Crippen molar-refractivity contribution in [1.82, 2.24) is 40.2 Å². The minimum Gasteiger partial charge on any atom is -0.339 e. The van der Waals surface area contributed by atoms with Gasteiger partial charge in [0.2, 0.25) is 17.7 Å². The van der Waals surface area contributed by atoms with Crippen LogP contribution in [-0.2, 0) is 29.4 Å². The molecule has 0 unspecified atom stereocenters. The van der Waals surface area contributed by atoms with Crippen LogP contribution in [0.15, 0.2) is 35.6 Å². The molecule has 6 atom stereocenters. The summed E-state index contributed by atoms with van der Waals surface area (Å²) in [4.78, 5) is 71.9. The van der Waals surface area contributed by atoms with Crippen molar-refractivity contribution in [3.8, 4) is 0 Å². The number of likely N-dealkylation sites (tertiary alicyclic amines) is 1. The van der Waals surface area contributed by atoms with Crippen LogP contribution in [0, 0.1) is 28.1 Å². The van der Waals surface area contributed by atoms with E-state index in [1.807, 2.05) is 0 Å². The van der Waals surface area contributed by atoms with Gasteiger partial charge in [-0.1, -0.05) is 57.3 Å². The van der Waals surface area contributed by atoms with Crippen LogP contribution < -0.4 is 20.7 Å². The van der Waals surface area contributed by atoms with E-state index in [4.69, 9.17) is 0 Å². The fourth-order valence-corrected chi connectivity index (χ4v) is 12.0. The van der Waals surface area contributed by atoms with Crippen LogP contribution in [0.2, 0.25) is 0 Å². The molecule has 2 saturated heterocycles. The molecule has 55 heavy (non-hydrogen) atoms. The standard InChI is InChI=1S/C38H54N8O8S/c1-6-25-19-38(25,34(51)44-55(52,53)45-17-10-11-18-45)42-31(48)27-20-37(35(4,5)36(37)15-12-16-36)22-46(27)33(50)28(23(2)3)40-32(49)29(24-13-8-7-9-14-24)41-30(47)26-21-39-54-43-26/h6,21,24-25,27-29H,1-2,7-20,22H2,3-5H3,(H,40,49)(H,41,47)(H,42,48)(H,44,51)/t25-,27+,28+,29+,37-,38-/m1/s1. The van der Waals surface area contributed by atoms with Gasteiger partial charge in [-0.15, -0.1) is 6.58 Å². The van der Waals surface area contributed by atoms with Crippen molar-refractivity contribution in [2.75, 3.05) is 19.6 Å². The van der Waals surface area contributed by atoms with Crippen LogP contribution in [0.1, 0.15) is 108 Å². The molecule has 3 heterocycles. The number of carbonyl (C=O) groups is 5. The maximum absolute atomic E-state index is 14.8. The Morgan fingerprint density at radius 3 is 2.22 bits per heavy atom. The number of nitrogens with zero attached hydrogens (tertiary/aromatic N) is 4. The zero-order valence-corrected chi connectivity index (χ0v) is 32.8. The van der Waals surface area contributed by atoms with Crippen molar-refractivity contribution in [3.63, 3.8) is 0 Å². The van der Waals surface area contributed by atoms with Crippen LogP contribution in [0.3, 0.4) is 0 Å². The molecule has 4 N–H and O–H groups in total. The van der Waals surface area contributed by atoms with Gasteiger partial charge in [0.15, 0.2) is 5.69 Å². The van der Waals surface area contributed by atoms with Gasteiger partial charge in [-0.25, -0.2) is 9.35 Å². The van der Waals surface area contributed by atoms with Crippen LogP contribution in [0.25, 0.3) is 0 Å². The summed E-state index contributed by atoms with van der Waals surface area (Å²) in [6.07, 6.45) is 11.8. The Labute approximate surface area is 322 Å². The molecule has 1 aromatic rings. The molecule has 6 fully saturated rings. The van der Waals surface area contributed by atoms with Crippen molar-refractivity contribution >= 4 is 39.7 Å². The van der Waals surface area contributed by atoms with Crippen molar-refractivity contribution in [2.45, 2.75) is 121 Å². The number of aromatic nitrogens is 2. The lowest BCUT2D eigenvalue weighted by atomic mass is 9.73. The van der Waals surface area contributed by atoms with Gasteiger partial charge < -0.3 is 20.9 Å². The van der Waals surface area contributed by atoms with E-state index in [1.54, 1.807) is 6.92 Å². The molecule has 17 heteroatoms. The van der Waals surface area contributed by atoms with E-state index in [0.717, 1.165) is 44.7 Å².